The molecule has 0 radical (unpaired) electrons. The molecule has 5 nitrogen and oxygen atoms in total. The largest absolute Gasteiger partial charge is 0.496 e. The van der Waals surface area contributed by atoms with Crippen LogP contribution in [0.3, 0.4) is 0 Å². The third kappa shape index (κ3) is 2.78. The molecule has 96 valence electrons. The van der Waals surface area contributed by atoms with Crippen LogP contribution < -0.4 is 10.5 Å². The Morgan fingerprint density at radius 2 is 2.22 bits per heavy atom. The molecule has 7 heteroatoms. The highest BCUT2D eigenvalue weighted by molar-refractivity contribution is 9.10. The molecular formula is C11H13BrN4OS. The number of methoxy groups -OCH3 is 1. The van der Waals surface area contributed by atoms with Crippen LogP contribution in [-0.4, -0.2) is 21.9 Å². The second kappa shape index (κ2) is 5.62. The summed E-state index contributed by atoms with van der Waals surface area (Å²) in [6.45, 7) is 0. The Morgan fingerprint density at radius 3 is 2.78 bits per heavy atom. The fraction of sp³-hybridized carbons (Fsp3) is 0.273. The molecule has 2 aromatic rings. The minimum atomic E-state index is 0.424. The van der Waals surface area contributed by atoms with Crippen molar-refractivity contribution in [2.24, 2.45) is 7.05 Å². The summed E-state index contributed by atoms with van der Waals surface area (Å²) in [5.41, 5.74) is 6.80. The number of halogens is 1. The predicted octanol–water partition coefficient (Wildman–Crippen LogP) is 2.46. The van der Waals surface area contributed by atoms with Crippen molar-refractivity contribution in [1.29, 1.82) is 0 Å². The topological polar surface area (TPSA) is 66.0 Å². The third-order valence-corrected chi connectivity index (χ3v) is 4.16. The Balaban J connectivity index is 2.06. The van der Waals surface area contributed by atoms with Crippen LogP contribution in [0.5, 0.6) is 5.75 Å². The van der Waals surface area contributed by atoms with Crippen LogP contribution in [0.1, 0.15) is 5.56 Å². The molecular weight excluding hydrogens is 316 g/mol. The molecule has 0 unspecified atom stereocenters. The Labute approximate surface area is 118 Å². The van der Waals surface area contributed by atoms with Gasteiger partial charge in [0.1, 0.15) is 5.75 Å². The highest BCUT2D eigenvalue weighted by Gasteiger charge is 2.07. The summed E-state index contributed by atoms with van der Waals surface area (Å²) in [6, 6.07) is 5.99. The van der Waals surface area contributed by atoms with Gasteiger partial charge in [-0.25, -0.2) is 0 Å². The number of rotatable bonds is 4. The van der Waals surface area contributed by atoms with Crippen molar-refractivity contribution >= 4 is 33.6 Å². The van der Waals surface area contributed by atoms with Gasteiger partial charge in [-0.05, 0) is 33.6 Å². The van der Waals surface area contributed by atoms with E-state index in [1.807, 2.05) is 25.2 Å². The molecule has 0 atom stereocenters. The van der Waals surface area contributed by atoms with E-state index in [-0.39, 0.29) is 0 Å². The average molecular weight is 329 g/mol. The standard InChI is InChI=1S/C11H13BrN4OS/c1-16-10(13)14-15-11(16)18-6-7-3-4-9(17-2)8(12)5-7/h3-5H,6H2,1-2H3,(H2,13,14). The quantitative estimate of drug-likeness (QED) is 0.873. The fourth-order valence-electron chi connectivity index (χ4n) is 1.40. The second-order valence-corrected chi connectivity index (χ2v) is 5.45. The smallest absolute Gasteiger partial charge is 0.222 e. The Bertz CT molecular complexity index is 558. The molecule has 0 fully saturated rings. The molecule has 0 saturated heterocycles. The van der Waals surface area contributed by atoms with Crippen molar-refractivity contribution in [2.45, 2.75) is 10.9 Å². The van der Waals surface area contributed by atoms with Gasteiger partial charge in [-0.3, -0.25) is 4.57 Å². The molecule has 1 aromatic carbocycles. The maximum absolute atomic E-state index is 5.62. The van der Waals surface area contributed by atoms with Crippen LogP contribution in [0.15, 0.2) is 27.8 Å². The van der Waals surface area contributed by atoms with Crippen molar-refractivity contribution in [1.82, 2.24) is 14.8 Å². The summed E-state index contributed by atoms with van der Waals surface area (Å²) >= 11 is 5.06. The zero-order chi connectivity index (χ0) is 13.1. The van der Waals surface area contributed by atoms with Gasteiger partial charge in [-0.15, -0.1) is 10.2 Å². The fourth-order valence-corrected chi connectivity index (χ4v) is 2.85. The average Bonchev–Trinajstić information content (AvgIpc) is 2.68. The maximum atomic E-state index is 5.62. The maximum Gasteiger partial charge on any atom is 0.222 e. The first kappa shape index (κ1) is 13.2. The van der Waals surface area contributed by atoms with Crippen molar-refractivity contribution in [2.75, 3.05) is 12.8 Å². The number of thioether (sulfide) groups is 1. The molecule has 0 amide bonds. The lowest BCUT2D eigenvalue weighted by Gasteiger charge is -2.06. The molecule has 0 aliphatic heterocycles. The lowest BCUT2D eigenvalue weighted by atomic mass is 10.2. The molecule has 0 aliphatic rings. The first-order valence-corrected chi connectivity index (χ1v) is 6.99. The SMILES string of the molecule is COc1ccc(CSc2nnc(N)n2C)cc1Br. The van der Waals surface area contributed by atoms with Gasteiger partial charge in [0.25, 0.3) is 0 Å². The van der Waals surface area contributed by atoms with Crippen LogP contribution in [0.2, 0.25) is 0 Å². The van der Waals surface area contributed by atoms with Gasteiger partial charge >= 0.3 is 0 Å². The number of nitrogens with zero attached hydrogens (tertiary/aromatic N) is 3. The van der Waals surface area contributed by atoms with Gasteiger partial charge < -0.3 is 10.5 Å². The molecule has 0 spiro atoms. The molecule has 1 aromatic heterocycles. The minimum Gasteiger partial charge on any atom is -0.496 e. The summed E-state index contributed by atoms with van der Waals surface area (Å²) in [4.78, 5) is 0. The summed E-state index contributed by atoms with van der Waals surface area (Å²) in [5, 5.41) is 8.62. The van der Waals surface area contributed by atoms with Crippen LogP contribution in [-0.2, 0) is 12.8 Å². The number of ether oxygens (including phenoxy) is 1. The van der Waals surface area contributed by atoms with Crippen molar-refractivity contribution in [3.05, 3.63) is 28.2 Å². The molecule has 18 heavy (non-hydrogen) atoms. The summed E-state index contributed by atoms with van der Waals surface area (Å²) < 4.78 is 7.90. The van der Waals surface area contributed by atoms with E-state index in [4.69, 9.17) is 10.5 Å². The van der Waals surface area contributed by atoms with Gasteiger partial charge in [0.05, 0.1) is 11.6 Å². The first-order valence-electron chi connectivity index (χ1n) is 5.22. The monoisotopic (exact) mass is 328 g/mol. The highest BCUT2D eigenvalue weighted by atomic mass is 79.9. The van der Waals surface area contributed by atoms with Crippen molar-refractivity contribution < 1.29 is 4.74 Å². The van der Waals surface area contributed by atoms with Gasteiger partial charge in [-0.1, -0.05) is 17.8 Å². The van der Waals surface area contributed by atoms with E-state index in [9.17, 15) is 0 Å². The number of benzene rings is 1. The van der Waals surface area contributed by atoms with E-state index in [0.717, 1.165) is 21.1 Å². The van der Waals surface area contributed by atoms with Crippen LogP contribution in [0.4, 0.5) is 5.95 Å². The molecule has 0 saturated carbocycles. The van der Waals surface area contributed by atoms with Crippen molar-refractivity contribution in [3.8, 4) is 5.75 Å². The number of nitrogens with two attached hydrogens (primary N) is 1. The van der Waals surface area contributed by atoms with E-state index >= 15 is 0 Å². The number of hydrogen-bond donors (Lipinski definition) is 1. The zero-order valence-electron chi connectivity index (χ0n) is 10.1. The van der Waals surface area contributed by atoms with E-state index < -0.39 is 0 Å². The molecule has 0 bridgehead atoms. The summed E-state index contributed by atoms with van der Waals surface area (Å²) in [6.07, 6.45) is 0. The number of aromatic nitrogens is 3. The van der Waals surface area contributed by atoms with E-state index in [2.05, 4.69) is 26.1 Å². The van der Waals surface area contributed by atoms with Crippen LogP contribution in [0, 0.1) is 0 Å². The van der Waals surface area contributed by atoms with E-state index in [0.29, 0.717) is 5.95 Å². The lowest BCUT2D eigenvalue weighted by Crippen LogP contribution is -1.98. The molecule has 2 N–H and O–H groups in total. The normalized spacial score (nSPS) is 10.6. The van der Waals surface area contributed by atoms with E-state index in [1.54, 1.807) is 23.4 Å². The highest BCUT2D eigenvalue weighted by Crippen LogP contribution is 2.28. The van der Waals surface area contributed by atoms with Gasteiger partial charge in [-0.2, -0.15) is 0 Å². The van der Waals surface area contributed by atoms with Crippen LogP contribution >= 0.6 is 27.7 Å². The molecule has 0 aliphatic carbocycles. The second-order valence-electron chi connectivity index (χ2n) is 3.66. The summed E-state index contributed by atoms with van der Waals surface area (Å²) in [5.74, 6) is 2.05. The van der Waals surface area contributed by atoms with Crippen LogP contribution in [0.25, 0.3) is 0 Å². The third-order valence-electron chi connectivity index (χ3n) is 2.45. The number of hydrogen-bond acceptors (Lipinski definition) is 5. The lowest BCUT2D eigenvalue weighted by molar-refractivity contribution is 0.412. The minimum absolute atomic E-state index is 0.424. The first-order chi connectivity index (χ1) is 8.61. The predicted molar refractivity (Wildman–Crippen MR) is 75.7 cm³/mol. The number of anilines is 1. The summed E-state index contributed by atoms with van der Waals surface area (Å²) in [7, 11) is 3.50. The molecule has 2 rings (SSSR count). The Hall–Kier alpha value is -1.21. The Kier molecular flexibility index (Phi) is 4.13. The Morgan fingerprint density at radius 1 is 1.44 bits per heavy atom. The van der Waals surface area contributed by atoms with Crippen molar-refractivity contribution in [3.63, 3.8) is 0 Å². The number of nitrogen functional groups attached to an aromatic ring is 1. The van der Waals surface area contributed by atoms with Gasteiger partial charge in [0, 0.05) is 12.8 Å². The van der Waals surface area contributed by atoms with E-state index in [1.165, 1.54) is 5.56 Å². The zero-order valence-corrected chi connectivity index (χ0v) is 12.5. The van der Waals surface area contributed by atoms with Gasteiger partial charge in [0.15, 0.2) is 5.16 Å². The molecule has 1 heterocycles. The van der Waals surface area contributed by atoms with Gasteiger partial charge in [0.2, 0.25) is 5.95 Å².